The molecule has 2 aromatic heterocycles. The van der Waals surface area contributed by atoms with Crippen LogP contribution in [0.2, 0.25) is 0 Å². The van der Waals surface area contributed by atoms with Gasteiger partial charge in [-0.25, -0.2) is 4.98 Å². The average Bonchev–Trinajstić information content (AvgIpc) is 2.73. The van der Waals surface area contributed by atoms with E-state index in [1.54, 1.807) is 16.0 Å². The quantitative estimate of drug-likeness (QED) is 0.845. The van der Waals surface area contributed by atoms with Gasteiger partial charge in [0.25, 0.3) is 0 Å². The van der Waals surface area contributed by atoms with Gasteiger partial charge in [0.2, 0.25) is 0 Å². The van der Waals surface area contributed by atoms with Crippen molar-refractivity contribution in [2.24, 2.45) is 7.05 Å². The van der Waals surface area contributed by atoms with Crippen LogP contribution >= 0.6 is 11.3 Å². The summed E-state index contributed by atoms with van der Waals surface area (Å²) in [5, 5.41) is 7.48. The van der Waals surface area contributed by atoms with Crippen molar-refractivity contribution in [2.75, 3.05) is 5.73 Å². The summed E-state index contributed by atoms with van der Waals surface area (Å²) in [4.78, 5) is 4.43. The van der Waals surface area contributed by atoms with Crippen LogP contribution in [0.15, 0.2) is 5.38 Å². The maximum absolute atomic E-state index is 5.93. The minimum atomic E-state index is 0.734. The second-order valence-corrected chi connectivity index (χ2v) is 4.50. The van der Waals surface area contributed by atoms with Gasteiger partial charge in [-0.3, -0.25) is 4.68 Å². The summed E-state index contributed by atoms with van der Waals surface area (Å²) in [5.41, 5.74) is 8.87. The van der Waals surface area contributed by atoms with E-state index in [1.165, 1.54) is 0 Å². The second kappa shape index (κ2) is 3.66. The van der Waals surface area contributed by atoms with Crippen molar-refractivity contribution >= 4 is 17.2 Å². The molecule has 0 aliphatic rings. The number of nitrogens with zero attached hydrogens (tertiary/aromatic N) is 3. The lowest BCUT2D eigenvalue weighted by molar-refractivity contribution is 0.781. The molecule has 2 rings (SSSR count). The number of thiazole rings is 1. The summed E-state index contributed by atoms with van der Waals surface area (Å²) < 4.78 is 1.71. The molecular weight excluding hydrogens is 208 g/mol. The maximum atomic E-state index is 5.93. The Kier molecular flexibility index (Phi) is 2.48. The fourth-order valence-corrected chi connectivity index (χ4v) is 2.20. The zero-order valence-electron chi connectivity index (χ0n) is 9.11. The van der Waals surface area contributed by atoms with Crippen LogP contribution in [0.1, 0.15) is 17.5 Å². The molecule has 2 heterocycles. The highest BCUT2D eigenvalue weighted by atomic mass is 32.1. The van der Waals surface area contributed by atoms with Crippen molar-refractivity contribution in [1.29, 1.82) is 0 Å². The summed E-state index contributed by atoms with van der Waals surface area (Å²) in [6, 6.07) is 0. The van der Waals surface area contributed by atoms with E-state index in [-0.39, 0.29) is 0 Å². The molecule has 0 aromatic carbocycles. The molecule has 15 heavy (non-hydrogen) atoms. The first-order valence-electron chi connectivity index (χ1n) is 4.87. The molecular formula is C10H14N4S. The first-order valence-corrected chi connectivity index (χ1v) is 5.75. The predicted molar refractivity (Wildman–Crippen MR) is 62.8 cm³/mol. The van der Waals surface area contributed by atoms with Crippen LogP contribution < -0.4 is 5.73 Å². The lowest BCUT2D eigenvalue weighted by atomic mass is 10.1. The minimum Gasteiger partial charge on any atom is -0.384 e. The Morgan fingerprint density at radius 1 is 1.53 bits per heavy atom. The van der Waals surface area contributed by atoms with Crippen molar-refractivity contribution in [3.05, 3.63) is 16.0 Å². The molecule has 0 radical (unpaired) electrons. The van der Waals surface area contributed by atoms with Gasteiger partial charge in [-0.2, -0.15) is 5.10 Å². The van der Waals surface area contributed by atoms with Crippen molar-refractivity contribution in [1.82, 2.24) is 14.8 Å². The predicted octanol–water partition coefficient (Wildman–Crippen LogP) is 2.00. The highest BCUT2D eigenvalue weighted by Crippen LogP contribution is 2.27. The molecule has 0 fully saturated rings. The Balaban J connectivity index is 2.57. The van der Waals surface area contributed by atoms with E-state index in [9.17, 15) is 0 Å². The molecule has 0 bridgehead atoms. The van der Waals surface area contributed by atoms with Gasteiger partial charge in [-0.05, 0) is 13.3 Å². The molecule has 2 aromatic rings. The zero-order valence-corrected chi connectivity index (χ0v) is 9.93. The molecule has 0 saturated heterocycles. The zero-order chi connectivity index (χ0) is 11.0. The first kappa shape index (κ1) is 10.2. The van der Waals surface area contributed by atoms with E-state index in [2.05, 4.69) is 17.0 Å². The van der Waals surface area contributed by atoms with E-state index < -0.39 is 0 Å². The molecule has 0 aliphatic heterocycles. The van der Waals surface area contributed by atoms with Crippen LogP contribution in [0.25, 0.3) is 11.4 Å². The normalized spacial score (nSPS) is 10.9. The molecule has 0 atom stereocenters. The number of aromatic nitrogens is 3. The molecule has 0 spiro atoms. The van der Waals surface area contributed by atoms with Crippen molar-refractivity contribution < 1.29 is 0 Å². The van der Waals surface area contributed by atoms with Crippen molar-refractivity contribution in [3.63, 3.8) is 0 Å². The topological polar surface area (TPSA) is 56.7 Å². The molecule has 0 unspecified atom stereocenters. The first-order chi connectivity index (χ1) is 7.13. The van der Waals surface area contributed by atoms with Gasteiger partial charge in [0, 0.05) is 18.0 Å². The summed E-state index contributed by atoms with van der Waals surface area (Å²) >= 11 is 1.63. The highest BCUT2D eigenvalue weighted by molar-refractivity contribution is 7.09. The Bertz CT molecular complexity index is 484. The van der Waals surface area contributed by atoms with E-state index in [1.807, 2.05) is 19.4 Å². The van der Waals surface area contributed by atoms with Crippen LogP contribution in [0, 0.1) is 6.92 Å². The SMILES string of the molecule is CCc1c(-c2csc(C)n2)nn(C)c1N. The highest BCUT2D eigenvalue weighted by Gasteiger charge is 2.15. The minimum absolute atomic E-state index is 0.734. The number of rotatable bonds is 2. The van der Waals surface area contributed by atoms with Crippen molar-refractivity contribution in [2.45, 2.75) is 20.3 Å². The summed E-state index contributed by atoms with van der Waals surface area (Å²) in [5.74, 6) is 0.734. The Hall–Kier alpha value is -1.36. The van der Waals surface area contributed by atoms with Gasteiger partial charge < -0.3 is 5.73 Å². The number of hydrogen-bond donors (Lipinski definition) is 1. The van der Waals surface area contributed by atoms with Gasteiger partial charge in [-0.15, -0.1) is 11.3 Å². The van der Waals surface area contributed by atoms with Gasteiger partial charge in [0.1, 0.15) is 17.2 Å². The lowest BCUT2D eigenvalue weighted by Gasteiger charge is -1.96. The van der Waals surface area contributed by atoms with Crippen LogP contribution in [-0.4, -0.2) is 14.8 Å². The molecule has 0 aliphatic carbocycles. The second-order valence-electron chi connectivity index (χ2n) is 3.44. The summed E-state index contributed by atoms with van der Waals surface area (Å²) in [6.07, 6.45) is 0.881. The van der Waals surface area contributed by atoms with Crippen LogP contribution in [0.4, 0.5) is 5.82 Å². The Morgan fingerprint density at radius 2 is 2.27 bits per heavy atom. The smallest absolute Gasteiger partial charge is 0.125 e. The fraction of sp³-hybridized carbons (Fsp3) is 0.400. The number of hydrogen-bond acceptors (Lipinski definition) is 4. The monoisotopic (exact) mass is 222 g/mol. The van der Waals surface area contributed by atoms with E-state index >= 15 is 0 Å². The van der Waals surface area contributed by atoms with Crippen LogP contribution in [0.3, 0.4) is 0 Å². The van der Waals surface area contributed by atoms with Crippen molar-refractivity contribution in [3.8, 4) is 11.4 Å². The van der Waals surface area contributed by atoms with Gasteiger partial charge in [-0.1, -0.05) is 6.92 Å². The number of anilines is 1. The fourth-order valence-electron chi connectivity index (χ4n) is 1.61. The summed E-state index contributed by atoms with van der Waals surface area (Å²) in [6.45, 7) is 4.07. The van der Waals surface area contributed by atoms with E-state index in [0.29, 0.717) is 0 Å². The number of nitrogens with two attached hydrogens (primary N) is 1. The van der Waals surface area contributed by atoms with Gasteiger partial charge in [0.15, 0.2) is 0 Å². The third-order valence-electron chi connectivity index (χ3n) is 2.41. The Labute approximate surface area is 92.8 Å². The Morgan fingerprint density at radius 3 is 2.80 bits per heavy atom. The third kappa shape index (κ3) is 1.63. The van der Waals surface area contributed by atoms with Gasteiger partial charge >= 0.3 is 0 Å². The van der Waals surface area contributed by atoms with Crippen LogP contribution in [-0.2, 0) is 13.5 Å². The maximum Gasteiger partial charge on any atom is 0.125 e. The standard InChI is InChI=1S/C10H14N4S/c1-4-7-9(13-14(3)10(7)11)8-5-15-6(2)12-8/h5H,4,11H2,1-3H3. The van der Waals surface area contributed by atoms with E-state index in [4.69, 9.17) is 5.73 Å². The molecule has 2 N–H and O–H groups in total. The molecule has 0 amide bonds. The lowest BCUT2D eigenvalue weighted by Crippen LogP contribution is -1.98. The van der Waals surface area contributed by atoms with Gasteiger partial charge in [0.05, 0.1) is 5.01 Å². The summed E-state index contributed by atoms with van der Waals surface area (Å²) in [7, 11) is 1.86. The third-order valence-corrected chi connectivity index (χ3v) is 3.18. The molecule has 80 valence electrons. The molecule has 4 nitrogen and oxygen atoms in total. The number of nitrogen functional groups attached to an aromatic ring is 1. The van der Waals surface area contributed by atoms with Crippen LogP contribution in [0.5, 0.6) is 0 Å². The largest absolute Gasteiger partial charge is 0.384 e. The molecule has 5 heteroatoms. The van der Waals surface area contributed by atoms with E-state index in [0.717, 1.165) is 34.2 Å². The average molecular weight is 222 g/mol. The molecule has 0 saturated carbocycles. The number of aryl methyl sites for hydroxylation is 2.